The molecule has 96 valence electrons. The Balaban J connectivity index is 2.14. The average molecular weight is 278 g/mol. The number of hydrogen-bond donors (Lipinski definition) is 1. The zero-order chi connectivity index (χ0) is 12.8. The molecule has 4 heteroatoms. The van der Waals surface area contributed by atoms with Gasteiger partial charge in [0.25, 0.3) is 0 Å². The van der Waals surface area contributed by atoms with Crippen molar-refractivity contribution >= 4 is 23.1 Å². The van der Waals surface area contributed by atoms with Gasteiger partial charge in [0.1, 0.15) is 4.34 Å². The van der Waals surface area contributed by atoms with E-state index in [0.29, 0.717) is 11.3 Å². The third kappa shape index (κ3) is 3.34. The molecule has 1 aromatic carbocycles. The summed E-state index contributed by atoms with van der Waals surface area (Å²) in [5, 5.41) is 5.97. The molecule has 0 fully saturated rings. The van der Waals surface area contributed by atoms with Crippen molar-refractivity contribution in [2.75, 3.05) is 7.05 Å². The zero-order valence-electron chi connectivity index (χ0n) is 10.7. The van der Waals surface area contributed by atoms with E-state index in [1.54, 1.807) is 11.3 Å². The minimum absolute atomic E-state index is 0.366. The average Bonchev–Trinajstić information content (AvgIpc) is 2.92. The van der Waals surface area contributed by atoms with Gasteiger partial charge in [-0.15, -0.1) is 11.3 Å². The van der Waals surface area contributed by atoms with Crippen molar-refractivity contribution in [2.45, 2.75) is 29.0 Å². The van der Waals surface area contributed by atoms with Gasteiger partial charge in [-0.25, -0.2) is 4.98 Å². The van der Waals surface area contributed by atoms with Gasteiger partial charge in [-0.3, -0.25) is 0 Å². The van der Waals surface area contributed by atoms with Crippen LogP contribution in [-0.4, -0.2) is 17.3 Å². The van der Waals surface area contributed by atoms with Crippen LogP contribution in [0.5, 0.6) is 0 Å². The summed E-state index contributed by atoms with van der Waals surface area (Å²) < 4.78 is 1.15. The second-order valence-corrected chi connectivity index (χ2v) is 6.42. The number of thiazole rings is 1. The predicted octanol–water partition coefficient (Wildman–Crippen LogP) is 3.97. The van der Waals surface area contributed by atoms with Crippen LogP contribution in [0, 0.1) is 0 Å². The van der Waals surface area contributed by atoms with E-state index < -0.39 is 0 Å². The Bertz CT molecular complexity index is 442. The summed E-state index contributed by atoms with van der Waals surface area (Å²) in [5.74, 6) is 0. The number of nitrogens with one attached hydrogen (secondary N) is 1. The summed E-state index contributed by atoms with van der Waals surface area (Å²) in [7, 11) is 2.03. The lowest BCUT2D eigenvalue weighted by molar-refractivity contribution is 0.555. The van der Waals surface area contributed by atoms with Gasteiger partial charge < -0.3 is 5.32 Å². The van der Waals surface area contributed by atoms with Gasteiger partial charge in [0.05, 0.1) is 0 Å². The van der Waals surface area contributed by atoms with Crippen LogP contribution in [0.1, 0.15) is 24.9 Å². The Morgan fingerprint density at radius 1 is 1.33 bits per heavy atom. The van der Waals surface area contributed by atoms with Crippen LogP contribution < -0.4 is 5.32 Å². The Hall–Kier alpha value is -0.840. The van der Waals surface area contributed by atoms with Crippen LogP contribution in [0.3, 0.4) is 0 Å². The lowest BCUT2D eigenvalue weighted by Crippen LogP contribution is -2.26. The largest absolute Gasteiger partial charge is 0.312 e. The fraction of sp³-hybridized carbons (Fsp3) is 0.357. The standard InChI is InChI=1S/C14H18N2S2/c1-3-12(18-14-16-9-10-17-14)13(15-2)11-7-5-4-6-8-11/h4-10,12-13,15H,3H2,1-2H3. The smallest absolute Gasteiger partial charge is 0.150 e. The Morgan fingerprint density at radius 2 is 2.11 bits per heavy atom. The molecule has 2 atom stereocenters. The van der Waals surface area contributed by atoms with Crippen LogP contribution >= 0.6 is 23.1 Å². The predicted molar refractivity (Wildman–Crippen MR) is 80.3 cm³/mol. The maximum atomic E-state index is 4.37. The SMILES string of the molecule is CCC(Sc1nccs1)C(NC)c1ccccc1. The number of thioether (sulfide) groups is 1. The molecule has 0 aliphatic heterocycles. The van der Waals surface area contributed by atoms with Gasteiger partial charge in [-0.2, -0.15) is 0 Å². The number of aromatic nitrogens is 1. The molecule has 0 aliphatic carbocycles. The van der Waals surface area contributed by atoms with Crippen molar-refractivity contribution in [3.05, 3.63) is 47.5 Å². The van der Waals surface area contributed by atoms with E-state index in [1.807, 2.05) is 30.4 Å². The second kappa shape index (κ2) is 6.92. The summed E-state index contributed by atoms with van der Waals surface area (Å²) in [4.78, 5) is 4.37. The van der Waals surface area contributed by atoms with E-state index in [-0.39, 0.29) is 0 Å². The van der Waals surface area contributed by atoms with Crippen molar-refractivity contribution in [1.82, 2.24) is 10.3 Å². The fourth-order valence-electron chi connectivity index (χ4n) is 2.01. The van der Waals surface area contributed by atoms with Gasteiger partial charge in [0.15, 0.2) is 0 Å². The minimum Gasteiger partial charge on any atom is -0.312 e. The molecule has 0 radical (unpaired) electrons. The maximum absolute atomic E-state index is 4.37. The number of hydrogen-bond acceptors (Lipinski definition) is 4. The van der Waals surface area contributed by atoms with E-state index in [9.17, 15) is 0 Å². The Kier molecular flexibility index (Phi) is 5.23. The van der Waals surface area contributed by atoms with E-state index in [2.05, 4.69) is 47.6 Å². The first-order valence-electron chi connectivity index (χ1n) is 6.13. The van der Waals surface area contributed by atoms with Gasteiger partial charge in [0, 0.05) is 22.9 Å². The quantitative estimate of drug-likeness (QED) is 0.809. The van der Waals surface area contributed by atoms with Crippen LogP contribution in [0.25, 0.3) is 0 Å². The highest BCUT2D eigenvalue weighted by atomic mass is 32.2. The van der Waals surface area contributed by atoms with Crippen molar-refractivity contribution < 1.29 is 0 Å². The van der Waals surface area contributed by atoms with E-state index in [0.717, 1.165) is 10.8 Å². The number of benzene rings is 1. The maximum Gasteiger partial charge on any atom is 0.150 e. The molecule has 1 N–H and O–H groups in total. The summed E-state index contributed by atoms with van der Waals surface area (Å²) >= 11 is 3.58. The molecule has 0 amide bonds. The summed E-state index contributed by atoms with van der Waals surface area (Å²) in [6.45, 7) is 2.23. The zero-order valence-corrected chi connectivity index (χ0v) is 12.3. The van der Waals surface area contributed by atoms with E-state index in [4.69, 9.17) is 0 Å². The summed E-state index contributed by atoms with van der Waals surface area (Å²) in [5.41, 5.74) is 1.34. The van der Waals surface area contributed by atoms with Gasteiger partial charge in [0.2, 0.25) is 0 Å². The van der Waals surface area contributed by atoms with Gasteiger partial charge in [-0.1, -0.05) is 49.0 Å². The molecule has 0 saturated carbocycles. The molecule has 2 aromatic rings. The third-order valence-electron chi connectivity index (χ3n) is 2.91. The number of rotatable bonds is 6. The van der Waals surface area contributed by atoms with Crippen LogP contribution in [-0.2, 0) is 0 Å². The monoisotopic (exact) mass is 278 g/mol. The van der Waals surface area contributed by atoms with Crippen LogP contribution in [0.15, 0.2) is 46.2 Å². The van der Waals surface area contributed by atoms with E-state index >= 15 is 0 Å². The topological polar surface area (TPSA) is 24.9 Å². The second-order valence-electron chi connectivity index (χ2n) is 4.04. The highest BCUT2D eigenvalue weighted by Crippen LogP contribution is 2.34. The molecule has 0 spiro atoms. The molecule has 2 unspecified atom stereocenters. The highest BCUT2D eigenvalue weighted by Gasteiger charge is 2.21. The van der Waals surface area contributed by atoms with Crippen LogP contribution in [0.2, 0.25) is 0 Å². The van der Waals surface area contributed by atoms with Crippen molar-refractivity contribution in [1.29, 1.82) is 0 Å². The molecular weight excluding hydrogens is 260 g/mol. The van der Waals surface area contributed by atoms with Crippen LogP contribution in [0.4, 0.5) is 0 Å². The molecule has 0 saturated heterocycles. The molecular formula is C14H18N2S2. The first kappa shape index (κ1) is 13.6. The van der Waals surface area contributed by atoms with Gasteiger partial charge in [-0.05, 0) is 19.0 Å². The third-order valence-corrected chi connectivity index (χ3v) is 5.26. The highest BCUT2D eigenvalue weighted by molar-refractivity contribution is 8.01. The Labute approximate surface area is 117 Å². The molecule has 0 aliphatic rings. The summed E-state index contributed by atoms with van der Waals surface area (Å²) in [6, 6.07) is 11.0. The van der Waals surface area contributed by atoms with Crippen molar-refractivity contribution in [2.24, 2.45) is 0 Å². The fourth-order valence-corrected chi connectivity index (χ4v) is 4.11. The minimum atomic E-state index is 0.366. The first-order chi connectivity index (χ1) is 8.85. The lowest BCUT2D eigenvalue weighted by Gasteiger charge is -2.25. The molecule has 1 aromatic heterocycles. The van der Waals surface area contributed by atoms with Crippen molar-refractivity contribution in [3.63, 3.8) is 0 Å². The van der Waals surface area contributed by atoms with Crippen molar-refractivity contribution in [3.8, 4) is 0 Å². The number of nitrogens with zero attached hydrogens (tertiary/aromatic N) is 1. The molecule has 18 heavy (non-hydrogen) atoms. The van der Waals surface area contributed by atoms with Gasteiger partial charge >= 0.3 is 0 Å². The van der Waals surface area contributed by atoms with E-state index in [1.165, 1.54) is 5.56 Å². The normalized spacial score (nSPS) is 14.3. The summed E-state index contributed by atoms with van der Waals surface area (Å²) in [6.07, 6.45) is 2.99. The molecule has 2 nitrogen and oxygen atoms in total. The lowest BCUT2D eigenvalue weighted by atomic mass is 10.0. The molecule has 1 heterocycles. The Morgan fingerprint density at radius 3 is 2.67 bits per heavy atom. The first-order valence-corrected chi connectivity index (χ1v) is 7.89. The molecule has 0 bridgehead atoms. The molecule has 2 rings (SSSR count).